The molecule has 2 aromatic rings. The SMILES string of the molecule is COC(=O)C(C)C(C)(O)c1ccc2cc(OC)ccc2c1. The van der Waals surface area contributed by atoms with Crippen LogP contribution in [0.2, 0.25) is 0 Å². The van der Waals surface area contributed by atoms with Crippen molar-refractivity contribution in [2.75, 3.05) is 14.2 Å². The van der Waals surface area contributed by atoms with Gasteiger partial charge in [0.05, 0.1) is 25.7 Å². The lowest BCUT2D eigenvalue weighted by Gasteiger charge is -2.29. The van der Waals surface area contributed by atoms with Crippen LogP contribution in [0.25, 0.3) is 10.8 Å². The molecule has 0 fully saturated rings. The fraction of sp³-hybridized carbons (Fsp3) is 0.353. The quantitative estimate of drug-likeness (QED) is 0.879. The van der Waals surface area contributed by atoms with E-state index in [1.54, 1.807) is 21.0 Å². The summed E-state index contributed by atoms with van der Waals surface area (Å²) in [5.74, 6) is -0.307. The summed E-state index contributed by atoms with van der Waals surface area (Å²) in [5.41, 5.74) is -0.612. The largest absolute Gasteiger partial charge is 0.497 e. The second kappa shape index (κ2) is 5.74. The van der Waals surface area contributed by atoms with Gasteiger partial charge in [-0.25, -0.2) is 0 Å². The summed E-state index contributed by atoms with van der Waals surface area (Å²) < 4.78 is 9.92. The van der Waals surface area contributed by atoms with Crippen LogP contribution in [0, 0.1) is 5.92 Å². The lowest BCUT2D eigenvalue weighted by atomic mass is 9.83. The van der Waals surface area contributed by atoms with Gasteiger partial charge in [-0.3, -0.25) is 4.79 Å². The molecule has 0 radical (unpaired) electrons. The number of fused-ring (bicyclic) bond motifs is 1. The molecule has 4 nitrogen and oxygen atoms in total. The summed E-state index contributed by atoms with van der Waals surface area (Å²) in [6.07, 6.45) is 0. The molecule has 2 aromatic carbocycles. The van der Waals surface area contributed by atoms with Crippen LogP contribution in [-0.4, -0.2) is 25.3 Å². The molecule has 0 saturated carbocycles. The molecule has 0 bridgehead atoms. The van der Waals surface area contributed by atoms with Crippen LogP contribution < -0.4 is 4.74 Å². The molecule has 2 rings (SSSR count). The molecule has 112 valence electrons. The van der Waals surface area contributed by atoms with Gasteiger partial charge in [0.15, 0.2) is 0 Å². The number of carbonyl (C=O) groups is 1. The second-order valence-electron chi connectivity index (χ2n) is 5.32. The zero-order chi connectivity index (χ0) is 15.6. The molecule has 0 aliphatic rings. The number of hydrogen-bond donors (Lipinski definition) is 1. The first kappa shape index (κ1) is 15.3. The van der Waals surface area contributed by atoms with Gasteiger partial charge < -0.3 is 14.6 Å². The fourth-order valence-corrected chi connectivity index (χ4v) is 2.32. The molecule has 0 spiro atoms. The molecule has 4 heteroatoms. The molecule has 2 unspecified atom stereocenters. The lowest BCUT2D eigenvalue weighted by Crippen LogP contribution is -2.35. The third-order valence-corrected chi connectivity index (χ3v) is 4.03. The van der Waals surface area contributed by atoms with E-state index in [1.807, 2.05) is 36.4 Å². The molecule has 0 aromatic heterocycles. The minimum Gasteiger partial charge on any atom is -0.497 e. The van der Waals surface area contributed by atoms with Crippen molar-refractivity contribution < 1.29 is 19.4 Å². The minimum absolute atomic E-state index is 0.435. The maximum Gasteiger partial charge on any atom is 0.311 e. The van der Waals surface area contributed by atoms with Gasteiger partial charge >= 0.3 is 5.97 Å². The van der Waals surface area contributed by atoms with Crippen LogP contribution in [0.3, 0.4) is 0 Å². The van der Waals surface area contributed by atoms with Crippen LogP contribution in [0.4, 0.5) is 0 Å². The molecule has 21 heavy (non-hydrogen) atoms. The van der Waals surface area contributed by atoms with Crippen molar-refractivity contribution in [1.82, 2.24) is 0 Å². The Morgan fingerprint density at radius 1 is 1.14 bits per heavy atom. The van der Waals surface area contributed by atoms with Gasteiger partial charge in [-0.15, -0.1) is 0 Å². The summed E-state index contributed by atoms with van der Waals surface area (Å²) in [5, 5.41) is 12.7. The highest BCUT2D eigenvalue weighted by Crippen LogP contribution is 2.32. The number of rotatable bonds is 4. The first-order chi connectivity index (χ1) is 9.90. The molecule has 2 atom stereocenters. The van der Waals surface area contributed by atoms with Crippen LogP contribution in [0.15, 0.2) is 36.4 Å². The standard InChI is InChI=1S/C17H20O4/c1-11(16(18)21-4)17(2,19)14-7-5-13-10-15(20-3)8-6-12(13)9-14/h5-11,19H,1-4H3. The third kappa shape index (κ3) is 2.85. The maximum atomic E-state index is 11.7. The summed E-state index contributed by atoms with van der Waals surface area (Å²) >= 11 is 0. The van der Waals surface area contributed by atoms with Gasteiger partial charge in [-0.05, 0) is 48.4 Å². The number of hydrogen-bond acceptors (Lipinski definition) is 4. The lowest BCUT2D eigenvalue weighted by molar-refractivity contribution is -0.154. The van der Waals surface area contributed by atoms with Crippen LogP contribution in [0.1, 0.15) is 19.4 Å². The van der Waals surface area contributed by atoms with E-state index in [1.165, 1.54) is 7.11 Å². The molecule has 0 aliphatic heterocycles. The van der Waals surface area contributed by atoms with Gasteiger partial charge in [0.1, 0.15) is 5.75 Å². The molecule has 1 N–H and O–H groups in total. The normalized spacial score (nSPS) is 15.3. The Morgan fingerprint density at radius 3 is 2.38 bits per heavy atom. The number of aliphatic hydroxyl groups is 1. The third-order valence-electron chi connectivity index (χ3n) is 4.03. The van der Waals surface area contributed by atoms with E-state index in [0.29, 0.717) is 5.56 Å². The summed E-state index contributed by atoms with van der Waals surface area (Å²) in [6.45, 7) is 3.28. The molecule has 0 amide bonds. The topological polar surface area (TPSA) is 55.8 Å². The minimum atomic E-state index is -1.29. The smallest absolute Gasteiger partial charge is 0.311 e. The number of carbonyl (C=O) groups excluding carboxylic acids is 1. The van der Waals surface area contributed by atoms with Gasteiger partial charge in [0.25, 0.3) is 0 Å². The van der Waals surface area contributed by atoms with Crippen molar-refractivity contribution in [3.8, 4) is 5.75 Å². The van der Waals surface area contributed by atoms with Crippen molar-refractivity contribution in [2.24, 2.45) is 5.92 Å². The first-order valence-corrected chi connectivity index (χ1v) is 6.78. The van der Waals surface area contributed by atoms with Crippen molar-refractivity contribution in [2.45, 2.75) is 19.4 Å². The van der Waals surface area contributed by atoms with E-state index in [2.05, 4.69) is 0 Å². The molecular formula is C17H20O4. The highest BCUT2D eigenvalue weighted by atomic mass is 16.5. The van der Waals surface area contributed by atoms with Crippen molar-refractivity contribution >= 4 is 16.7 Å². The predicted molar refractivity (Wildman–Crippen MR) is 81.3 cm³/mol. The molecule has 0 heterocycles. The van der Waals surface area contributed by atoms with Crippen LogP contribution in [0.5, 0.6) is 5.75 Å². The van der Waals surface area contributed by atoms with Gasteiger partial charge in [0, 0.05) is 0 Å². The number of esters is 1. The Morgan fingerprint density at radius 2 is 1.76 bits per heavy atom. The van der Waals surface area contributed by atoms with E-state index in [4.69, 9.17) is 9.47 Å². The maximum absolute atomic E-state index is 11.7. The number of ether oxygens (including phenoxy) is 2. The Labute approximate surface area is 124 Å². The number of benzene rings is 2. The molecule has 0 aliphatic carbocycles. The van der Waals surface area contributed by atoms with E-state index in [-0.39, 0.29) is 0 Å². The summed E-state index contributed by atoms with van der Waals surface area (Å²) in [6, 6.07) is 11.3. The first-order valence-electron chi connectivity index (χ1n) is 6.78. The average molecular weight is 288 g/mol. The Balaban J connectivity index is 2.44. The van der Waals surface area contributed by atoms with Crippen molar-refractivity contribution in [3.63, 3.8) is 0 Å². The molecular weight excluding hydrogens is 268 g/mol. The van der Waals surface area contributed by atoms with E-state index in [0.717, 1.165) is 16.5 Å². The Kier molecular flexibility index (Phi) is 4.19. The number of methoxy groups -OCH3 is 2. The zero-order valence-corrected chi connectivity index (χ0v) is 12.7. The fourth-order valence-electron chi connectivity index (χ4n) is 2.32. The Bertz CT molecular complexity index is 661. The zero-order valence-electron chi connectivity index (χ0n) is 12.7. The molecule has 0 saturated heterocycles. The van der Waals surface area contributed by atoms with Gasteiger partial charge in [-0.1, -0.05) is 18.2 Å². The van der Waals surface area contributed by atoms with Gasteiger partial charge in [0.2, 0.25) is 0 Å². The average Bonchev–Trinajstić information content (AvgIpc) is 2.52. The van der Waals surface area contributed by atoms with Crippen molar-refractivity contribution in [3.05, 3.63) is 42.0 Å². The highest BCUT2D eigenvalue weighted by molar-refractivity contribution is 5.85. The monoisotopic (exact) mass is 288 g/mol. The van der Waals surface area contributed by atoms with Gasteiger partial charge in [-0.2, -0.15) is 0 Å². The van der Waals surface area contributed by atoms with Crippen LogP contribution >= 0.6 is 0 Å². The van der Waals surface area contributed by atoms with E-state index in [9.17, 15) is 9.90 Å². The summed E-state index contributed by atoms with van der Waals surface area (Å²) in [4.78, 5) is 11.7. The summed E-state index contributed by atoms with van der Waals surface area (Å²) in [7, 11) is 2.94. The highest BCUT2D eigenvalue weighted by Gasteiger charge is 2.36. The Hall–Kier alpha value is -2.07. The predicted octanol–water partition coefficient (Wildman–Crippen LogP) is 2.87. The van der Waals surface area contributed by atoms with Crippen molar-refractivity contribution in [1.29, 1.82) is 0 Å². The van der Waals surface area contributed by atoms with Crippen LogP contribution in [-0.2, 0) is 15.1 Å². The van der Waals surface area contributed by atoms with E-state index >= 15 is 0 Å². The second-order valence-corrected chi connectivity index (χ2v) is 5.32. The van der Waals surface area contributed by atoms with E-state index < -0.39 is 17.5 Å².